The van der Waals surface area contributed by atoms with Crippen LogP contribution < -0.4 is 20.3 Å². The van der Waals surface area contributed by atoms with Gasteiger partial charge in [0.25, 0.3) is 5.91 Å². The number of carbonyl (C=O) groups excluding carboxylic acids is 3. The standard InChI is InChI=1S/C20H26F2N4O5/c1-12(10-20(11-30-2)18(28)23-19(29)24-20)17(27)26-6-4-25(5-7-26)13-8-14(21)16(22)15(9-13)31-3/h8-9,12H,4-7,10-11H2,1-3H3,(H2,23,24,28,29). The number of halogens is 2. The lowest BCUT2D eigenvalue weighted by Gasteiger charge is -2.38. The summed E-state index contributed by atoms with van der Waals surface area (Å²) in [5.74, 6) is -3.44. The van der Waals surface area contributed by atoms with Crippen molar-refractivity contribution in [3.05, 3.63) is 23.8 Å². The van der Waals surface area contributed by atoms with Crippen LogP contribution in [0.15, 0.2) is 12.1 Å². The van der Waals surface area contributed by atoms with Crippen molar-refractivity contribution in [1.82, 2.24) is 15.5 Å². The highest BCUT2D eigenvalue weighted by Gasteiger charge is 2.48. The van der Waals surface area contributed by atoms with Crippen LogP contribution >= 0.6 is 0 Å². The molecule has 2 aliphatic rings. The van der Waals surface area contributed by atoms with Crippen molar-refractivity contribution < 1.29 is 32.6 Å². The van der Waals surface area contributed by atoms with Crippen LogP contribution in [0.25, 0.3) is 0 Å². The zero-order valence-corrected chi connectivity index (χ0v) is 17.7. The summed E-state index contributed by atoms with van der Waals surface area (Å²) in [6, 6.07) is 1.92. The van der Waals surface area contributed by atoms with Gasteiger partial charge in [0.2, 0.25) is 11.7 Å². The normalized spacial score (nSPS) is 22.2. The molecular formula is C20H26F2N4O5. The number of anilines is 1. The van der Waals surface area contributed by atoms with Gasteiger partial charge in [-0.3, -0.25) is 14.9 Å². The first-order valence-electron chi connectivity index (χ1n) is 9.90. The van der Waals surface area contributed by atoms with Crippen LogP contribution in [0.4, 0.5) is 19.3 Å². The Bertz CT molecular complexity index is 875. The first-order valence-corrected chi connectivity index (χ1v) is 9.90. The third-order valence-electron chi connectivity index (χ3n) is 5.64. The molecule has 31 heavy (non-hydrogen) atoms. The molecule has 3 rings (SSSR count). The van der Waals surface area contributed by atoms with Crippen LogP contribution in [-0.2, 0) is 14.3 Å². The summed E-state index contributed by atoms with van der Waals surface area (Å²) < 4.78 is 37.5. The molecule has 170 valence electrons. The van der Waals surface area contributed by atoms with E-state index in [9.17, 15) is 23.2 Å². The van der Waals surface area contributed by atoms with Crippen molar-refractivity contribution in [2.75, 3.05) is 51.9 Å². The number of amides is 4. The first kappa shape index (κ1) is 22.7. The lowest BCUT2D eigenvalue weighted by Crippen LogP contribution is -2.55. The summed E-state index contributed by atoms with van der Waals surface area (Å²) in [6.07, 6.45) is 0.0951. The Morgan fingerprint density at radius 1 is 1.19 bits per heavy atom. The van der Waals surface area contributed by atoms with Crippen molar-refractivity contribution >= 4 is 23.5 Å². The molecule has 4 amide bonds. The molecule has 1 aromatic rings. The Labute approximate surface area is 178 Å². The maximum absolute atomic E-state index is 13.8. The van der Waals surface area contributed by atoms with E-state index in [2.05, 4.69) is 10.6 Å². The van der Waals surface area contributed by atoms with E-state index in [4.69, 9.17) is 9.47 Å². The summed E-state index contributed by atoms with van der Waals surface area (Å²) in [5.41, 5.74) is -0.814. The summed E-state index contributed by atoms with van der Waals surface area (Å²) in [5, 5.41) is 4.76. The molecule has 2 atom stereocenters. The summed E-state index contributed by atoms with van der Waals surface area (Å²) >= 11 is 0. The fraction of sp³-hybridized carbons (Fsp3) is 0.550. The van der Waals surface area contributed by atoms with E-state index in [0.717, 1.165) is 6.07 Å². The third-order valence-corrected chi connectivity index (χ3v) is 5.64. The summed E-state index contributed by atoms with van der Waals surface area (Å²) in [7, 11) is 2.68. The molecule has 2 fully saturated rings. The number of nitrogens with zero attached hydrogens (tertiary/aromatic N) is 2. The molecule has 1 aromatic carbocycles. The third kappa shape index (κ3) is 4.55. The minimum absolute atomic E-state index is 0.0477. The molecule has 11 heteroatoms. The van der Waals surface area contributed by atoms with Crippen LogP contribution in [0.1, 0.15) is 13.3 Å². The number of ether oxygens (including phenoxy) is 2. The van der Waals surface area contributed by atoms with Gasteiger partial charge in [-0.2, -0.15) is 4.39 Å². The lowest BCUT2D eigenvalue weighted by atomic mass is 9.88. The topological polar surface area (TPSA) is 100 Å². The second-order valence-corrected chi connectivity index (χ2v) is 7.78. The summed E-state index contributed by atoms with van der Waals surface area (Å²) in [6.45, 7) is 3.25. The van der Waals surface area contributed by atoms with Gasteiger partial charge in [0, 0.05) is 57.0 Å². The Morgan fingerprint density at radius 2 is 1.87 bits per heavy atom. The van der Waals surface area contributed by atoms with Crippen molar-refractivity contribution in [1.29, 1.82) is 0 Å². The van der Waals surface area contributed by atoms with Crippen LogP contribution in [-0.4, -0.2) is 75.3 Å². The van der Waals surface area contributed by atoms with Gasteiger partial charge in [0.15, 0.2) is 11.6 Å². The van der Waals surface area contributed by atoms with Gasteiger partial charge in [0.1, 0.15) is 5.54 Å². The molecule has 9 nitrogen and oxygen atoms in total. The van der Waals surface area contributed by atoms with E-state index < -0.39 is 35.0 Å². The molecule has 0 spiro atoms. The number of carbonyl (C=O) groups is 3. The number of methoxy groups -OCH3 is 2. The highest BCUT2D eigenvalue weighted by atomic mass is 19.2. The van der Waals surface area contributed by atoms with Gasteiger partial charge in [-0.05, 0) is 6.42 Å². The molecule has 0 radical (unpaired) electrons. The van der Waals surface area contributed by atoms with E-state index >= 15 is 0 Å². The van der Waals surface area contributed by atoms with E-state index in [0.29, 0.717) is 31.9 Å². The fourth-order valence-electron chi connectivity index (χ4n) is 4.07. The predicted octanol–water partition coefficient (Wildman–Crippen LogP) is 0.873. The number of piperazine rings is 1. The molecule has 2 unspecified atom stereocenters. The second kappa shape index (κ2) is 9.04. The van der Waals surface area contributed by atoms with Crippen molar-refractivity contribution in [3.8, 4) is 5.75 Å². The van der Waals surface area contributed by atoms with Crippen molar-refractivity contribution in [3.63, 3.8) is 0 Å². The number of hydrogen-bond acceptors (Lipinski definition) is 6. The monoisotopic (exact) mass is 440 g/mol. The van der Waals surface area contributed by atoms with E-state index in [-0.39, 0.29) is 24.7 Å². The van der Waals surface area contributed by atoms with E-state index in [1.165, 1.54) is 20.3 Å². The molecular weight excluding hydrogens is 414 g/mol. The average Bonchev–Trinajstić information content (AvgIpc) is 3.02. The Hall–Kier alpha value is -2.95. The van der Waals surface area contributed by atoms with Crippen molar-refractivity contribution in [2.45, 2.75) is 18.9 Å². The Kier molecular flexibility index (Phi) is 6.63. The molecule has 2 N–H and O–H groups in total. The Balaban J connectivity index is 1.63. The van der Waals surface area contributed by atoms with Gasteiger partial charge < -0.3 is 24.6 Å². The van der Waals surface area contributed by atoms with Crippen LogP contribution in [0.5, 0.6) is 5.75 Å². The molecule has 2 saturated heterocycles. The number of nitrogens with one attached hydrogen (secondary N) is 2. The summed E-state index contributed by atoms with van der Waals surface area (Å²) in [4.78, 5) is 40.3. The van der Waals surface area contributed by atoms with E-state index in [1.807, 2.05) is 4.90 Å². The van der Waals surface area contributed by atoms with Crippen LogP contribution in [0.2, 0.25) is 0 Å². The lowest BCUT2D eigenvalue weighted by molar-refractivity contribution is -0.137. The number of rotatable bonds is 7. The largest absolute Gasteiger partial charge is 0.493 e. The highest BCUT2D eigenvalue weighted by molar-refractivity contribution is 6.07. The molecule has 0 bridgehead atoms. The zero-order valence-electron chi connectivity index (χ0n) is 17.7. The van der Waals surface area contributed by atoms with Gasteiger partial charge in [-0.1, -0.05) is 6.92 Å². The minimum atomic E-state index is -1.29. The van der Waals surface area contributed by atoms with Crippen molar-refractivity contribution in [2.24, 2.45) is 5.92 Å². The predicted molar refractivity (Wildman–Crippen MR) is 107 cm³/mol. The Morgan fingerprint density at radius 3 is 2.42 bits per heavy atom. The molecule has 2 heterocycles. The smallest absolute Gasteiger partial charge is 0.322 e. The highest BCUT2D eigenvalue weighted by Crippen LogP contribution is 2.29. The fourth-order valence-corrected chi connectivity index (χ4v) is 4.07. The zero-order chi connectivity index (χ0) is 22.8. The number of benzene rings is 1. The minimum Gasteiger partial charge on any atom is -0.493 e. The van der Waals surface area contributed by atoms with E-state index in [1.54, 1.807) is 11.8 Å². The maximum Gasteiger partial charge on any atom is 0.322 e. The number of urea groups is 1. The molecule has 0 aromatic heterocycles. The van der Waals surface area contributed by atoms with Gasteiger partial charge in [-0.15, -0.1) is 0 Å². The number of hydrogen-bond donors (Lipinski definition) is 2. The van der Waals surface area contributed by atoms with Crippen LogP contribution in [0.3, 0.4) is 0 Å². The molecule has 0 aliphatic carbocycles. The maximum atomic E-state index is 13.8. The van der Waals surface area contributed by atoms with Gasteiger partial charge in [0.05, 0.1) is 13.7 Å². The van der Waals surface area contributed by atoms with Crippen LogP contribution in [0, 0.1) is 17.6 Å². The quantitative estimate of drug-likeness (QED) is 0.611. The second-order valence-electron chi connectivity index (χ2n) is 7.78. The SMILES string of the molecule is COCC1(CC(C)C(=O)N2CCN(c3cc(F)c(F)c(OC)c3)CC2)NC(=O)NC1=O. The molecule has 0 saturated carbocycles. The van der Waals surface area contributed by atoms with Gasteiger partial charge >= 0.3 is 6.03 Å². The molecule has 2 aliphatic heterocycles. The first-order chi connectivity index (χ1) is 14.7. The number of imide groups is 1. The average molecular weight is 440 g/mol. The van der Waals surface area contributed by atoms with Gasteiger partial charge in [-0.25, -0.2) is 9.18 Å².